The number of aromatic nitrogens is 1. The van der Waals surface area contributed by atoms with Crippen LogP contribution in [0.4, 0.5) is 0 Å². The van der Waals surface area contributed by atoms with Crippen LogP contribution in [-0.4, -0.2) is 35.9 Å². The number of aromatic amines is 1. The molecule has 1 N–H and O–H groups in total. The summed E-state index contributed by atoms with van der Waals surface area (Å²) in [5.41, 5.74) is 2.44. The van der Waals surface area contributed by atoms with Gasteiger partial charge in [-0.05, 0) is 40.2 Å². The minimum absolute atomic E-state index is 0.255. The molecular weight excluding hydrogens is 286 g/mol. The first kappa shape index (κ1) is 17.7. The van der Waals surface area contributed by atoms with Gasteiger partial charge in [-0.25, -0.2) is 9.59 Å². The highest BCUT2D eigenvalue weighted by Gasteiger charge is 2.23. The Hall–Kier alpha value is -2.37. The van der Waals surface area contributed by atoms with Crippen molar-refractivity contribution in [3.63, 3.8) is 0 Å². The lowest BCUT2D eigenvalue weighted by molar-refractivity contribution is -0.136. The number of hydrogen-bond acceptors (Lipinski definition) is 5. The first-order valence-electron chi connectivity index (χ1n) is 6.99. The average molecular weight is 307 g/mol. The molecule has 0 bridgehead atoms. The van der Waals surface area contributed by atoms with Gasteiger partial charge in [0.2, 0.25) is 5.78 Å². The van der Waals surface area contributed by atoms with E-state index in [0.29, 0.717) is 16.8 Å². The average Bonchev–Trinajstić information content (AvgIpc) is 2.71. The van der Waals surface area contributed by atoms with E-state index < -0.39 is 17.7 Å². The van der Waals surface area contributed by atoms with E-state index in [1.54, 1.807) is 34.6 Å². The predicted molar refractivity (Wildman–Crippen MR) is 80.9 cm³/mol. The molecule has 1 aromatic rings. The number of H-pyrrole nitrogens is 1. The number of esters is 2. The first-order chi connectivity index (χ1) is 10.3. The smallest absolute Gasteiger partial charge is 0.340 e. The van der Waals surface area contributed by atoms with Gasteiger partial charge >= 0.3 is 11.9 Å². The molecule has 0 saturated carbocycles. The Labute approximate surface area is 129 Å². The fourth-order valence-corrected chi connectivity index (χ4v) is 2.02. The summed E-state index contributed by atoms with van der Waals surface area (Å²) in [5.74, 6) is -1.44. The molecule has 0 spiro atoms. The van der Waals surface area contributed by atoms with Crippen LogP contribution in [0.15, 0.2) is 11.6 Å². The molecule has 0 aliphatic rings. The molecule has 1 heterocycles. The Balaban J connectivity index is 2.87. The van der Waals surface area contributed by atoms with Crippen molar-refractivity contribution in [2.75, 3.05) is 13.2 Å². The zero-order chi connectivity index (χ0) is 16.9. The molecule has 0 aliphatic carbocycles. The number of hydrogen-bond donors (Lipinski definition) is 1. The van der Waals surface area contributed by atoms with Crippen LogP contribution in [0.2, 0.25) is 0 Å². The number of nitrogens with one attached hydrogen (secondary N) is 1. The normalized spacial score (nSPS) is 10.0. The number of ether oxygens (including phenoxy) is 2. The van der Waals surface area contributed by atoms with Crippen LogP contribution >= 0.6 is 0 Å². The molecule has 0 unspecified atom stereocenters. The van der Waals surface area contributed by atoms with Crippen molar-refractivity contribution in [1.29, 1.82) is 0 Å². The second-order valence-electron chi connectivity index (χ2n) is 5.10. The molecule has 0 fully saturated rings. The minimum Gasteiger partial charge on any atom is -0.462 e. The number of carbonyl (C=O) groups excluding carboxylic acids is 3. The van der Waals surface area contributed by atoms with Gasteiger partial charge in [-0.1, -0.05) is 5.57 Å². The molecule has 0 saturated heterocycles. The van der Waals surface area contributed by atoms with E-state index in [1.807, 2.05) is 0 Å². The second-order valence-corrected chi connectivity index (χ2v) is 5.10. The third-order valence-corrected chi connectivity index (χ3v) is 2.95. The third kappa shape index (κ3) is 4.31. The fraction of sp³-hybridized carbons (Fsp3) is 0.438. The van der Waals surface area contributed by atoms with Gasteiger partial charge in [0.05, 0.1) is 17.9 Å². The number of rotatable bonds is 6. The molecule has 0 atom stereocenters. The van der Waals surface area contributed by atoms with Crippen molar-refractivity contribution in [3.05, 3.63) is 34.2 Å². The predicted octanol–water partition coefficient (Wildman–Crippen LogP) is 2.50. The van der Waals surface area contributed by atoms with Crippen LogP contribution in [0.5, 0.6) is 0 Å². The SMILES string of the molecule is CCOC(=O)c1c(C)[nH]c(C(=O)COC(=O)C=C(C)C)c1C. The Kier molecular flexibility index (Phi) is 6.10. The maximum Gasteiger partial charge on any atom is 0.340 e. The third-order valence-electron chi connectivity index (χ3n) is 2.95. The van der Waals surface area contributed by atoms with Gasteiger partial charge in [0.25, 0.3) is 0 Å². The number of ketones is 1. The van der Waals surface area contributed by atoms with Gasteiger partial charge in [0.15, 0.2) is 6.61 Å². The summed E-state index contributed by atoms with van der Waals surface area (Å²) < 4.78 is 9.84. The van der Waals surface area contributed by atoms with Crippen LogP contribution in [0.3, 0.4) is 0 Å². The highest BCUT2D eigenvalue weighted by molar-refractivity contribution is 6.02. The number of aryl methyl sites for hydroxylation is 1. The Morgan fingerprint density at radius 1 is 1.14 bits per heavy atom. The summed E-state index contributed by atoms with van der Waals surface area (Å²) in [6, 6.07) is 0. The molecule has 0 aliphatic heterocycles. The largest absolute Gasteiger partial charge is 0.462 e. The highest BCUT2D eigenvalue weighted by Crippen LogP contribution is 2.19. The molecular formula is C16H21NO5. The topological polar surface area (TPSA) is 85.5 Å². The lowest BCUT2D eigenvalue weighted by Crippen LogP contribution is -2.14. The van der Waals surface area contributed by atoms with Crippen molar-refractivity contribution in [2.24, 2.45) is 0 Å². The maximum atomic E-state index is 12.1. The molecule has 0 radical (unpaired) electrons. The van der Waals surface area contributed by atoms with E-state index in [9.17, 15) is 14.4 Å². The lowest BCUT2D eigenvalue weighted by atomic mass is 10.1. The van der Waals surface area contributed by atoms with E-state index in [-0.39, 0.29) is 18.9 Å². The summed E-state index contributed by atoms with van der Waals surface area (Å²) in [4.78, 5) is 38.2. The zero-order valence-corrected chi connectivity index (χ0v) is 13.5. The van der Waals surface area contributed by atoms with Crippen molar-refractivity contribution < 1.29 is 23.9 Å². The highest BCUT2D eigenvalue weighted by atomic mass is 16.5. The molecule has 22 heavy (non-hydrogen) atoms. The molecule has 0 amide bonds. The maximum absolute atomic E-state index is 12.1. The molecule has 6 heteroatoms. The van der Waals surface area contributed by atoms with Crippen LogP contribution < -0.4 is 0 Å². The summed E-state index contributed by atoms with van der Waals surface area (Å²) in [5, 5.41) is 0. The van der Waals surface area contributed by atoms with E-state index in [2.05, 4.69) is 4.98 Å². The van der Waals surface area contributed by atoms with Crippen molar-refractivity contribution >= 4 is 17.7 Å². The van der Waals surface area contributed by atoms with Crippen LogP contribution in [-0.2, 0) is 14.3 Å². The number of allylic oxidation sites excluding steroid dienone is 1. The molecule has 120 valence electrons. The summed E-state index contributed by atoms with van der Waals surface area (Å²) in [7, 11) is 0. The van der Waals surface area contributed by atoms with Gasteiger partial charge in [-0.2, -0.15) is 0 Å². The number of Topliss-reactive ketones (excluding diaryl/α,β-unsaturated/α-hetero) is 1. The van der Waals surface area contributed by atoms with E-state index in [4.69, 9.17) is 9.47 Å². The number of carbonyl (C=O) groups is 3. The summed E-state index contributed by atoms with van der Waals surface area (Å²) in [6.07, 6.45) is 1.31. The molecule has 0 aromatic carbocycles. The van der Waals surface area contributed by atoms with E-state index in [0.717, 1.165) is 5.57 Å². The van der Waals surface area contributed by atoms with Gasteiger partial charge in [0, 0.05) is 11.8 Å². The van der Waals surface area contributed by atoms with Crippen molar-refractivity contribution in [1.82, 2.24) is 4.98 Å². The molecule has 1 aromatic heterocycles. The monoisotopic (exact) mass is 307 g/mol. The van der Waals surface area contributed by atoms with Gasteiger partial charge in [-0.15, -0.1) is 0 Å². The van der Waals surface area contributed by atoms with Crippen molar-refractivity contribution in [3.8, 4) is 0 Å². The second kappa shape index (κ2) is 7.59. The lowest BCUT2D eigenvalue weighted by Gasteiger charge is -2.03. The Bertz CT molecular complexity index is 621. The molecule has 1 rings (SSSR count). The van der Waals surface area contributed by atoms with Gasteiger partial charge in [-0.3, -0.25) is 4.79 Å². The Morgan fingerprint density at radius 2 is 1.77 bits per heavy atom. The minimum atomic E-state index is -0.570. The summed E-state index contributed by atoms with van der Waals surface area (Å²) in [6.45, 7) is 8.44. The van der Waals surface area contributed by atoms with Crippen LogP contribution in [0.1, 0.15) is 52.9 Å². The standard InChI is InChI=1S/C16H21NO5/c1-6-21-16(20)14-10(4)15(17-11(14)5)12(18)8-22-13(19)7-9(2)3/h7,17H,6,8H2,1-5H3. The zero-order valence-electron chi connectivity index (χ0n) is 13.5. The fourth-order valence-electron chi connectivity index (χ4n) is 2.02. The van der Waals surface area contributed by atoms with Gasteiger partial charge in [0.1, 0.15) is 0 Å². The quantitative estimate of drug-likeness (QED) is 0.496. The van der Waals surface area contributed by atoms with E-state index >= 15 is 0 Å². The van der Waals surface area contributed by atoms with Crippen LogP contribution in [0, 0.1) is 13.8 Å². The van der Waals surface area contributed by atoms with Crippen molar-refractivity contribution in [2.45, 2.75) is 34.6 Å². The molecule has 6 nitrogen and oxygen atoms in total. The van der Waals surface area contributed by atoms with Crippen LogP contribution in [0.25, 0.3) is 0 Å². The van der Waals surface area contributed by atoms with Gasteiger partial charge < -0.3 is 14.5 Å². The van der Waals surface area contributed by atoms with E-state index in [1.165, 1.54) is 6.08 Å². The first-order valence-corrected chi connectivity index (χ1v) is 6.99. The summed E-state index contributed by atoms with van der Waals surface area (Å²) >= 11 is 0. The Morgan fingerprint density at radius 3 is 2.32 bits per heavy atom.